The summed E-state index contributed by atoms with van der Waals surface area (Å²) in [6.45, 7) is 0.0639. The predicted molar refractivity (Wildman–Crippen MR) is 84.8 cm³/mol. The largest absolute Gasteiger partial charge is 0.445 e. The van der Waals surface area contributed by atoms with Crippen molar-refractivity contribution in [3.8, 4) is 0 Å². The van der Waals surface area contributed by atoms with Crippen LogP contribution in [0, 0.1) is 0 Å². The Morgan fingerprint density at radius 3 is 2.48 bits per heavy atom. The molecule has 134 valence electrons. The number of carbonyl (C=O) groups excluding carboxylic acids is 2. The van der Waals surface area contributed by atoms with Crippen LogP contribution in [0.15, 0.2) is 30.3 Å². The van der Waals surface area contributed by atoms with E-state index in [2.05, 4.69) is 20.8 Å². The third-order valence-electron chi connectivity index (χ3n) is 2.98. The molecule has 0 unspecified atom stereocenters. The Bertz CT molecular complexity index is 736. The van der Waals surface area contributed by atoms with Crippen molar-refractivity contribution in [1.29, 1.82) is 0 Å². The molecular weight excluding hydrogens is 359 g/mol. The predicted octanol–water partition coefficient (Wildman–Crippen LogP) is 2.34. The van der Waals surface area contributed by atoms with Gasteiger partial charge in [0.2, 0.25) is 16.0 Å². The summed E-state index contributed by atoms with van der Waals surface area (Å²) in [4.78, 5) is 25.0. The molecule has 2 aromatic rings. The molecule has 0 aliphatic heterocycles. The Kier molecular flexibility index (Phi) is 5.91. The number of anilines is 1. The molecule has 2 N–H and O–H groups in total. The van der Waals surface area contributed by atoms with E-state index in [1.807, 2.05) is 30.3 Å². The number of hydrogen-bond acceptors (Lipinski definition) is 5. The number of urea groups is 1. The molecule has 0 fully saturated rings. The van der Waals surface area contributed by atoms with Gasteiger partial charge in [-0.2, -0.15) is 13.2 Å². The van der Waals surface area contributed by atoms with E-state index in [-0.39, 0.29) is 28.9 Å². The minimum atomic E-state index is -4.62. The standard InChI is InChI=1S/C14H14F3N5O2S/c1-22(8-9-5-3-2-4-6-9)10(23)7-18-12(24)19-13-21-20-11(25-13)14(15,16)17/h2-6H,7-8H2,1H3,(H2,18,19,21,24). The van der Waals surface area contributed by atoms with Gasteiger partial charge in [0.1, 0.15) is 0 Å². The van der Waals surface area contributed by atoms with Crippen LogP contribution in [0.5, 0.6) is 0 Å². The lowest BCUT2D eigenvalue weighted by Gasteiger charge is -2.17. The SMILES string of the molecule is CN(Cc1ccccc1)C(=O)CNC(=O)Nc1nnc(C(F)(F)F)s1. The van der Waals surface area contributed by atoms with Crippen LogP contribution in [0.3, 0.4) is 0 Å². The summed E-state index contributed by atoms with van der Waals surface area (Å²) in [6, 6.07) is 8.42. The first-order chi connectivity index (χ1) is 11.8. The summed E-state index contributed by atoms with van der Waals surface area (Å²) in [5, 5.41) is 9.05. The van der Waals surface area contributed by atoms with Gasteiger partial charge in [0, 0.05) is 13.6 Å². The average molecular weight is 373 g/mol. The average Bonchev–Trinajstić information content (AvgIpc) is 3.02. The van der Waals surface area contributed by atoms with E-state index in [1.54, 1.807) is 7.05 Å². The fourth-order valence-corrected chi connectivity index (χ4v) is 2.37. The van der Waals surface area contributed by atoms with E-state index >= 15 is 0 Å². The number of alkyl halides is 3. The van der Waals surface area contributed by atoms with Crippen molar-refractivity contribution >= 4 is 28.4 Å². The molecule has 0 spiro atoms. The van der Waals surface area contributed by atoms with Crippen molar-refractivity contribution < 1.29 is 22.8 Å². The van der Waals surface area contributed by atoms with Crippen LogP contribution in [0.1, 0.15) is 10.6 Å². The second kappa shape index (κ2) is 7.92. The van der Waals surface area contributed by atoms with Crippen molar-refractivity contribution in [2.45, 2.75) is 12.7 Å². The maximum absolute atomic E-state index is 12.4. The molecule has 1 aromatic heterocycles. The van der Waals surface area contributed by atoms with Gasteiger partial charge in [-0.1, -0.05) is 41.7 Å². The van der Waals surface area contributed by atoms with E-state index < -0.39 is 17.2 Å². The smallest absolute Gasteiger partial charge is 0.340 e. The zero-order valence-electron chi connectivity index (χ0n) is 13.0. The highest BCUT2D eigenvalue weighted by molar-refractivity contribution is 7.15. The number of nitrogens with zero attached hydrogens (tertiary/aromatic N) is 3. The molecule has 3 amide bonds. The molecule has 7 nitrogen and oxygen atoms in total. The monoisotopic (exact) mass is 373 g/mol. The number of carbonyl (C=O) groups is 2. The van der Waals surface area contributed by atoms with Gasteiger partial charge in [0.05, 0.1) is 6.54 Å². The maximum atomic E-state index is 12.4. The van der Waals surface area contributed by atoms with Gasteiger partial charge in [-0.3, -0.25) is 10.1 Å². The minimum Gasteiger partial charge on any atom is -0.340 e. The number of hydrogen-bond donors (Lipinski definition) is 2. The lowest BCUT2D eigenvalue weighted by molar-refractivity contribution is -0.138. The Hall–Kier alpha value is -2.69. The summed E-state index contributed by atoms with van der Waals surface area (Å²) in [6.07, 6.45) is -4.62. The fraction of sp³-hybridized carbons (Fsp3) is 0.286. The number of likely N-dealkylation sites (N-methyl/N-ethyl adjacent to an activating group) is 1. The van der Waals surface area contributed by atoms with Crippen molar-refractivity contribution in [3.05, 3.63) is 40.9 Å². The number of halogens is 3. The van der Waals surface area contributed by atoms with Crippen molar-refractivity contribution in [2.75, 3.05) is 18.9 Å². The van der Waals surface area contributed by atoms with E-state index in [4.69, 9.17) is 0 Å². The van der Waals surface area contributed by atoms with Gasteiger partial charge < -0.3 is 10.2 Å². The van der Waals surface area contributed by atoms with Crippen molar-refractivity contribution in [3.63, 3.8) is 0 Å². The molecule has 1 heterocycles. The summed E-state index contributed by atoms with van der Waals surface area (Å²) in [5.41, 5.74) is 0.927. The van der Waals surface area contributed by atoms with Crippen LogP contribution < -0.4 is 10.6 Å². The van der Waals surface area contributed by atoms with Crippen molar-refractivity contribution in [2.24, 2.45) is 0 Å². The Balaban J connectivity index is 1.79. The van der Waals surface area contributed by atoms with E-state index in [0.29, 0.717) is 6.54 Å². The quantitative estimate of drug-likeness (QED) is 0.842. The van der Waals surface area contributed by atoms with E-state index in [9.17, 15) is 22.8 Å². The van der Waals surface area contributed by atoms with Gasteiger partial charge >= 0.3 is 12.2 Å². The Morgan fingerprint density at radius 1 is 1.20 bits per heavy atom. The van der Waals surface area contributed by atoms with Gasteiger partial charge in [-0.15, -0.1) is 10.2 Å². The molecule has 0 bridgehead atoms. The van der Waals surface area contributed by atoms with Gasteiger partial charge in [-0.25, -0.2) is 4.79 Å². The highest BCUT2D eigenvalue weighted by Gasteiger charge is 2.35. The van der Waals surface area contributed by atoms with Crippen LogP contribution in [0.4, 0.5) is 23.1 Å². The van der Waals surface area contributed by atoms with E-state index in [1.165, 1.54) is 4.90 Å². The van der Waals surface area contributed by atoms with Crippen LogP contribution in [0.25, 0.3) is 0 Å². The second-order valence-electron chi connectivity index (χ2n) is 4.95. The lowest BCUT2D eigenvalue weighted by atomic mass is 10.2. The molecule has 11 heteroatoms. The summed E-state index contributed by atoms with van der Waals surface area (Å²) in [7, 11) is 1.58. The third-order valence-corrected chi connectivity index (χ3v) is 3.86. The Morgan fingerprint density at radius 2 is 1.88 bits per heavy atom. The number of rotatable bonds is 5. The van der Waals surface area contributed by atoms with Gasteiger partial charge in [0.15, 0.2) is 0 Å². The van der Waals surface area contributed by atoms with Crippen LogP contribution in [0.2, 0.25) is 0 Å². The molecule has 0 saturated heterocycles. The maximum Gasteiger partial charge on any atom is 0.445 e. The number of amides is 3. The number of aromatic nitrogens is 2. The van der Waals surface area contributed by atoms with Crippen LogP contribution >= 0.6 is 11.3 Å². The molecule has 2 rings (SSSR count). The molecule has 0 aliphatic rings. The summed E-state index contributed by atoms with van der Waals surface area (Å²) < 4.78 is 37.2. The third kappa shape index (κ3) is 5.71. The minimum absolute atomic E-state index is 0.196. The Labute approximate surface area is 144 Å². The summed E-state index contributed by atoms with van der Waals surface area (Å²) in [5.74, 6) is -0.354. The second-order valence-corrected chi connectivity index (χ2v) is 5.93. The lowest BCUT2D eigenvalue weighted by Crippen LogP contribution is -2.39. The molecular formula is C14H14F3N5O2S. The first-order valence-corrected chi connectivity index (χ1v) is 7.81. The molecule has 1 aromatic carbocycles. The molecule has 0 radical (unpaired) electrons. The number of nitrogens with one attached hydrogen (secondary N) is 2. The zero-order chi connectivity index (χ0) is 18.4. The zero-order valence-corrected chi connectivity index (χ0v) is 13.8. The molecule has 0 saturated carbocycles. The van der Waals surface area contributed by atoms with Crippen molar-refractivity contribution in [1.82, 2.24) is 20.4 Å². The van der Waals surface area contributed by atoms with Gasteiger partial charge in [0.25, 0.3) is 0 Å². The fourth-order valence-electron chi connectivity index (χ4n) is 1.77. The first kappa shape index (κ1) is 18.6. The first-order valence-electron chi connectivity index (χ1n) is 6.99. The topological polar surface area (TPSA) is 87.2 Å². The van der Waals surface area contributed by atoms with Crippen LogP contribution in [-0.4, -0.2) is 40.6 Å². The molecule has 25 heavy (non-hydrogen) atoms. The van der Waals surface area contributed by atoms with E-state index in [0.717, 1.165) is 5.56 Å². The summed E-state index contributed by atoms with van der Waals surface area (Å²) >= 11 is 0.196. The number of benzene rings is 1. The highest BCUT2D eigenvalue weighted by atomic mass is 32.1. The highest BCUT2D eigenvalue weighted by Crippen LogP contribution is 2.32. The molecule has 0 aliphatic carbocycles. The molecule has 0 atom stereocenters. The van der Waals surface area contributed by atoms with Gasteiger partial charge in [-0.05, 0) is 5.56 Å². The normalized spacial score (nSPS) is 11.0. The van der Waals surface area contributed by atoms with Crippen LogP contribution in [-0.2, 0) is 17.5 Å².